The van der Waals surface area contributed by atoms with E-state index >= 15 is 0 Å². The highest BCUT2D eigenvalue weighted by molar-refractivity contribution is 7.12. The van der Waals surface area contributed by atoms with Crippen molar-refractivity contribution in [3.8, 4) is 0 Å². The number of rotatable bonds is 4. The van der Waals surface area contributed by atoms with Gasteiger partial charge in [-0.25, -0.2) is 0 Å². The number of hydrogen-bond acceptors (Lipinski definition) is 2. The summed E-state index contributed by atoms with van der Waals surface area (Å²) in [5.74, 6) is 0. The van der Waals surface area contributed by atoms with Crippen LogP contribution in [0.5, 0.6) is 0 Å². The van der Waals surface area contributed by atoms with Gasteiger partial charge in [0.05, 0.1) is 0 Å². The molecule has 0 saturated heterocycles. The molecule has 1 nitrogen and oxygen atoms in total. The summed E-state index contributed by atoms with van der Waals surface area (Å²) in [6, 6.07) is 11.0. The fourth-order valence-corrected chi connectivity index (χ4v) is 3.84. The second-order valence-corrected chi connectivity index (χ2v) is 6.27. The monoisotopic (exact) mass is 257 g/mol. The second kappa shape index (κ2) is 5.25. The molecule has 1 aromatic heterocycles. The Hall–Kier alpha value is -1.12. The Balaban J connectivity index is 1.57. The van der Waals surface area contributed by atoms with E-state index < -0.39 is 0 Å². The van der Waals surface area contributed by atoms with Gasteiger partial charge in [-0.2, -0.15) is 0 Å². The van der Waals surface area contributed by atoms with Crippen LogP contribution in [0.15, 0.2) is 30.3 Å². The van der Waals surface area contributed by atoms with Crippen LogP contribution >= 0.6 is 11.3 Å². The number of fused-ring (bicyclic) bond motifs is 1. The average Bonchev–Trinajstić information content (AvgIpc) is 2.92. The van der Waals surface area contributed by atoms with Crippen LogP contribution in [0.4, 0.5) is 0 Å². The molecule has 0 aliphatic heterocycles. The lowest BCUT2D eigenvalue weighted by Gasteiger charge is -2.06. The average molecular weight is 257 g/mol. The summed E-state index contributed by atoms with van der Waals surface area (Å²) in [5, 5.41) is 3.56. The van der Waals surface area contributed by atoms with Gasteiger partial charge < -0.3 is 5.32 Å². The molecule has 1 aromatic carbocycles. The van der Waals surface area contributed by atoms with Crippen LogP contribution in [-0.4, -0.2) is 0 Å². The van der Waals surface area contributed by atoms with Gasteiger partial charge in [0.1, 0.15) is 0 Å². The van der Waals surface area contributed by atoms with Crippen LogP contribution in [0.3, 0.4) is 0 Å². The van der Waals surface area contributed by atoms with E-state index in [1.165, 1.54) is 35.3 Å². The molecule has 0 bridgehead atoms. The third-order valence-electron chi connectivity index (χ3n) is 3.67. The van der Waals surface area contributed by atoms with Gasteiger partial charge in [0.15, 0.2) is 0 Å². The summed E-state index contributed by atoms with van der Waals surface area (Å²) in [7, 11) is 0. The van der Waals surface area contributed by atoms with Gasteiger partial charge in [-0.15, -0.1) is 11.3 Å². The Morgan fingerprint density at radius 3 is 2.89 bits per heavy atom. The molecule has 0 saturated carbocycles. The first-order valence-electron chi connectivity index (χ1n) is 6.68. The summed E-state index contributed by atoms with van der Waals surface area (Å²) < 4.78 is 0. The lowest BCUT2D eigenvalue weighted by atomic mass is 10.1. The first-order chi connectivity index (χ1) is 8.83. The molecule has 1 aliphatic rings. The molecule has 3 rings (SSSR count). The molecule has 1 aliphatic carbocycles. The first kappa shape index (κ1) is 11.9. The number of aryl methyl sites for hydroxylation is 3. The van der Waals surface area contributed by atoms with Crippen LogP contribution in [0.1, 0.15) is 32.9 Å². The number of hydrogen-bond donors (Lipinski definition) is 1. The number of benzene rings is 1. The minimum absolute atomic E-state index is 0.967. The fraction of sp³-hybridized carbons (Fsp3) is 0.375. The number of nitrogens with one attached hydrogen (secondary N) is 1. The maximum Gasteiger partial charge on any atom is 0.0303 e. The first-order valence-corrected chi connectivity index (χ1v) is 7.50. The fourth-order valence-electron chi connectivity index (χ4n) is 2.61. The molecule has 2 heteroatoms. The van der Waals surface area contributed by atoms with E-state index in [0.29, 0.717) is 0 Å². The zero-order valence-electron chi connectivity index (χ0n) is 10.8. The standard InChI is InChI=1S/C16H19NS/c1-12-5-2-3-6-14(12)10-17-11-15-9-13-7-4-8-16(13)18-15/h2-3,5-6,9,17H,4,7-8,10-11H2,1H3. The SMILES string of the molecule is Cc1ccccc1CNCc1cc2c(s1)CCC2. The van der Waals surface area contributed by atoms with E-state index in [4.69, 9.17) is 0 Å². The summed E-state index contributed by atoms with van der Waals surface area (Å²) in [4.78, 5) is 3.12. The van der Waals surface area contributed by atoms with Crippen molar-refractivity contribution in [3.05, 3.63) is 56.8 Å². The van der Waals surface area contributed by atoms with Crippen LogP contribution in [-0.2, 0) is 25.9 Å². The van der Waals surface area contributed by atoms with Gasteiger partial charge in [-0.05, 0) is 48.9 Å². The molecular weight excluding hydrogens is 238 g/mol. The van der Waals surface area contributed by atoms with E-state index in [1.807, 2.05) is 11.3 Å². The van der Waals surface area contributed by atoms with Crippen molar-refractivity contribution in [1.29, 1.82) is 0 Å². The van der Waals surface area contributed by atoms with Crippen molar-refractivity contribution < 1.29 is 0 Å². The highest BCUT2D eigenvalue weighted by Crippen LogP contribution is 2.30. The molecule has 1 N–H and O–H groups in total. The molecule has 2 aromatic rings. The lowest BCUT2D eigenvalue weighted by Crippen LogP contribution is -2.12. The molecule has 0 unspecified atom stereocenters. The third kappa shape index (κ3) is 2.50. The molecule has 0 amide bonds. The second-order valence-electron chi connectivity index (χ2n) is 5.04. The normalized spacial score (nSPS) is 13.8. The van der Waals surface area contributed by atoms with Crippen molar-refractivity contribution >= 4 is 11.3 Å². The van der Waals surface area contributed by atoms with Gasteiger partial charge >= 0.3 is 0 Å². The van der Waals surface area contributed by atoms with Crippen molar-refractivity contribution in [1.82, 2.24) is 5.32 Å². The van der Waals surface area contributed by atoms with Crippen molar-refractivity contribution in [2.45, 2.75) is 39.3 Å². The van der Waals surface area contributed by atoms with Crippen molar-refractivity contribution in [3.63, 3.8) is 0 Å². The third-order valence-corrected chi connectivity index (χ3v) is 4.91. The molecule has 1 heterocycles. The van der Waals surface area contributed by atoms with E-state index in [-0.39, 0.29) is 0 Å². The topological polar surface area (TPSA) is 12.0 Å². The molecule has 0 atom stereocenters. The Morgan fingerprint density at radius 2 is 2.06 bits per heavy atom. The van der Waals surface area contributed by atoms with Gasteiger partial charge in [-0.3, -0.25) is 0 Å². The quantitative estimate of drug-likeness (QED) is 0.877. The summed E-state index contributed by atoms with van der Waals surface area (Å²) in [6.45, 7) is 4.15. The smallest absolute Gasteiger partial charge is 0.0303 e. The van der Waals surface area contributed by atoms with Crippen molar-refractivity contribution in [2.75, 3.05) is 0 Å². The van der Waals surface area contributed by atoms with E-state index in [1.54, 1.807) is 10.4 Å². The highest BCUT2D eigenvalue weighted by atomic mass is 32.1. The predicted octanol–water partition coefficient (Wildman–Crippen LogP) is 3.84. The lowest BCUT2D eigenvalue weighted by molar-refractivity contribution is 0.697. The zero-order valence-corrected chi connectivity index (χ0v) is 11.6. The number of thiophene rings is 1. The zero-order chi connectivity index (χ0) is 12.4. The van der Waals surface area contributed by atoms with Crippen LogP contribution in [0.25, 0.3) is 0 Å². The Kier molecular flexibility index (Phi) is 3.48. The molecule has 0 fully saturated rings. The van der Waals surface area contributed by atoms with Gasteiger partial charge in [0.25, 0.3) is 0 Å². The van der Waals surface area contributed by atoms with Crippen molar-refractivity contribution in [2.24, 2.45) is 0 Å². The molecular formula is C16H19NS. The minimum atomic E-state index is 0.967. The highest BCUT2D eigenvalue weighted by Gasteiger charge is 2.14. The van der Waals surface area contributed by atoms with Crippen LogP contribution in [0.2, 0.25) is 0 Å². The summed E-state index contributed by atoms with van der Waals surface area (Å²) in [6.07, 6.45) is 3.96. The summed E-state index contributed by atoms with van der Waals surface area (Å²) in [5.41, 5.74) is 4.38. The molecule has 0 radical (unpaired) electrons. The van der Waals surface area contributed by atoms with Gasteiger partial charge in [-0.1, -0.05) is 24.3 Å². The molecule has 94 valence electrons. The maximum atomic E-state index is 3.56. The van der Waals surface area contributed by atoms with Crippen LogP contribution < -0.4 is 5.32 Å². The Morgan fingerprint density at radius 1 is 1.17 bits per heavy atom. The maximum absolute atomic E-state index is 3.56. The predicted molar refractivity (Wildman–Crippen MR) is 78.1 cm³/mol. The van der Waals surface area contributed by atoms with Crippen LogP contribution in [0, 0.1) is 6.92 Å². The summed E-state index contributed by atoms with van der Waals surface area (Å²) >= 11 is 2.00. The van der Waals surface area contributed by atoms with E-state index in [9.17, 15) is 0 Å². The largest absolute Gasteiger partial charge is 0.308 e. The molecule has 0 spiro atoms. The minimum Gasteiger partial charge on any atom is -0.308 e. The van der Waals surface area contributed by atoms with E-state index in [2.05, 4.69) is 42.6 Å². The Labute approximate surface area is 113 Å². The van der Waals surface area contributed by atoms with Gasteiger partial charge in [0.2, 0.25) is 0 Å². The molecule has 18 heavy (non-hydrogen) atoms. The van der Waals surface area contributed by atoms with E-state index in [0.717, 1.165) is 13.1 Å². The Bertz CT molecular complexity index is 520. The van der Waals surface area contributed by atoms with Gasteiger partial charge in [0, 0.05) is 22.8 Å².